The van der Waals surface area contributed by atoms with E-state index in [1.54, 1.807) is 4.90 Å². The number of rotatable bonds is 4. The topological polar surface area (TPSA) is 62.6 Å². The predicted octanol–water partition coefficient (Wildman–Crippen LogP) is 4.44. The molecule has 0 bridgehead atoms. The smallest absolute Gasteiger partial charge is 0.227 e. The third-order valence-corrected chi connectivity index (χ3v) is 3.87. The lowest BCUT2D eigenvalue weighted by Gasteiger charge is -2.21. The van der Waals surface area contributed by atoms with E-state index >= 15 is 0 Å². The molecule has 1 aromatic carbocycles. The second kappa shape index (κ2) is 11.5. The van der Waals surface area contributed by atoms with Gasteiger partial charge in [0.25, 0.3) is 0 Å². The number of fused-ring (bicyclic) bond motifs is 1. The van der Waals surface area contributed by atoms with Crippen LogP contribution >= 0.6 is 0 Å². The van der Waals surface area contributed by atoms with Crippen molar-refractivity contribution in [2.45, 2.75) is 52.4 Å². The number of amides is 1. The lowest BCUT2D eigenvalue weighted by atomic mass is 10.2. The van der Waals surface area contributed by atoms with Crippen LogP contribution in [0, 0.1) is 5.41 Å². The molecule has 0 aliphatic carbocycles. The molecule has 1 saturated heterocycles. The Morgan fingerprint density at radius 2 is 1.71 bits per heavy atom. The van der Waals surface area contributed by atoms with E-state index in [-0.39, 0.29) is 5.91 Å². The molecule has 0 spiro atoms. The Bertz CT molecular complexity index is 501. The SMILES string of the molecule is C=N.CCCCCC.O=C1CCCN1c1ccc2c(c1)OCCO2. The van der Waals surface area contributed by atoms with Gasteiger partial charge in [-0.25, -0.2) is 0 Å². The highest BCUT2D eigenvalue weighted by Gasteiger charge is 2.23. The zero-order chi connectivity index (χ0) is 17.8. The van der Waals surface area contributed by atoms with Gasteiger partial charge in [-0.2, -0.15) is 0 Å². The number of benzene rings is 1. The van der Waals surface area contributed by atoms with Gasteiger partial charge in [-0.05, 0) is 25.3 Å². The number of anilines is 1. The molecule has 1 fully saturated rings. The first-order valence-electron chi connectivity index (χ1n) is 8.81. The van der Waals surface area contributed by atoms with E-state index in [0.717, 1.165) is 30.2 Å². The van der Waals surface area contributed by atoms with Crippen molar-refractivity contribution >= 4 is 18.3 Å². The van der Waals surface area contributed by atoms with E-state index in [0.29, 0.717) is 19.6 Å². The highest BCUT2D eigenvalue weighted by atomic mass is 16.6. The maximum Gasteiger partial charge on any atom is 0.227 e. The number of carbonyl (C=O) groups is 1. The fraction of sp³-hybridized carbons (Fsp3) is 0.579. The van der Waals surface area contributed by atoms with E-state index in [2.05, 4.69) is 20.6 Å². The monoisotopic (exact) mass is 334 g/mol. The maximum atomic E-state index is 11.6. The number of hydrogen-bond donors (Lipinski definition) is 1. The first kappa shape index (κ1) is 20.0. The van der Waals surface area contributed by atoms with Gasteiger partial charge in [-0.15, -0.1) is 0 Å². The summed E-state index contributed by atoms with van der Waals surface area (Å²) in [6.45, 7) is 8.93. The van der Waals surface area contributed by atoms with Gasteiger partial charge in [0.05, 0.1) is 0 Å². The van der Waals surface area contributed by atoms with Crippen LogP contribution in [0.1, 0.15) is 52.4 Å². The molecule has 1 aromatic rings. The van der Waals surface area contributed by atoms with Crippen LogP contribution in [-0.4, -0.2) is 32.4 Å². The lowest BCUT2D eigenvalue weighted by Crippen LogP contribution is -2.24. The Kier molecular flexibility index (Phi) is 9.58. The van der Waals surface area contributed by atoms with Gasteiger partial charge in [0.15, 0.2) is 11.5 Å². The third-order valence-electron chi connectivity index (χ3n) is 3.87. The second-order valence-corrected chi connectivity index (χ2v) is 5.68. The molecule has 2 heterocycles. The van der Waals surface area contributed by atoms with Crippen molar-refractivity contribution in [2.24, 2.45) is 0 Å². The van der Waals surface area contributed by atoms with E-state index in [1.165, 1.54) is 25.7 Å². The fourth-order valence-corrected chi connectivity index (χ4v) is 2.62. The fourth-order valence-electron chi connectivity index (χ4n) is 2.62. The zero-order valence-corrected chi connectivity index (χ0v) is 15.0. The number of unbranched alkanes of at least 4 members (excludes halogenated alkanes) is 3. The predicted molar refractivity (Wildman–Crippen MR) is 98.7 cm³/mol. The summed E-state index contributed by atoms with van der Waals surface area (Å²) >= 11 is 0. The molecule has 134 valence electrons. The van der Waals surface area contributed by atoms with Crippen LogP contribution in [0.25, 0.3) is 0 Å². The number of nitrogens with one attached hydrogen (secondary N) is 1. The molecular formula is C19H30N2O3. The summed E-state index contributed by atoms with van der Waals surface area (Å²) in [5.41, 5.74) is 0.909. The molecule has 1 N–H and O–H groups in total. The standard InChI is InChI=1S/C12H13NO3.C6H14.CH3N/c14-12-2-1-5-13(12)9-3-4-10-11(8-9)16-7-6-15-10;1-3-5-6-4-2;1-2/h3-4,8H,1-2,5-7H2;3-6H2,1-2H3;2H,1H2. The van der Waals surface area contributed by atoms with Gasteiger partial charge in [0, 0.05) is 24.7 Å². The van der Waals surface area contributed by atoms with E-state index in [1.807, 2.05) is 18.2 Å². The van der Waals surface area contributed by atoms with Crippen molar-refractivity contribution in [3.63, 3.8) is 0 Å². The summed E-state index contributed by atoms with van der Waals surface area (Å²) in [6.07, 6.45) is 7.12. The van der Waals surface area contributed by atoms with E-state index in [4.69, 9.17) is 14.9 Å². The van der Waals surface area contributed by atoms with E-state index in [9.17, 15) is 4.79 Å². The molecule has 1 amide bonds. The summed E-state index contributed by atoms with van der Waals surface area (Å²) in [5, 5.41) is 5.50. The highest BCUT2D eigenvalue weighted by molar-refractivity contribution is 5.95. The molecule has 0 saturated carbocycles. The second-order valence-electron chi connectivity index (χ2n) is 5.68. The summed E-state index contributed by atoms with van der Waals surface area (Å²) in [7, 11) is 0. The normalized spacial score (nSPS) is 15.1. The molecule has 5 nitrogen and oxygen atoms in total. The van der Waals surface area contributed by atoms with Crippen LogP contribution in [0.2, 0.25) is 0 Å². The zero-order valence-electron chi connectivity index (χ0n) is 15.0. The van der Waals surface area contributed by atoms with Crippen LogP contribution in [0.5, 0.6) is 11.5 Å². The van der Waals surface area contributed by atoms with Gasteiger partial charge < -0.3 is 19.8 Å². The number of hydrogen-bond acceptors (Lipinski definition) is 4. The quantitative estimate of drug-likeness (QED) is 0.654. The van der Waals surface area contributed by atoms with Gasteiger partial charge in [-0.3, -0.25) is 4.79 Å². The van der Waals surface area contributed by atoms with Crippen LogP contribution in [0.4, 0.5) is 5.69 Å². The first-order chi connectivity index (χ1) is 11.8. The van der Waals surface area contributed by atoms with E-state index < -0.39 is 0 Å². The highest BCUT2D eigenvalue weighted by Crippen LogP contribution is 2.35. The minimum Gasteiger partial charge on any atom is -0.486 e. The molecule has 2 aliphatic heterocycles. The van der Waals surface area contributed by atoms with Crippen LogP contribution in [0.15, 0.2) is 18.2 Å². The maximum absolute atomic E-state index is 11.6. The summed E-state index contributed by atoms with van der Waals surface area (Å²) in [5.74, 6) is 1.70. The Hall–Kier alpha value is -2.04. The first-order valence-corrected chi connectivity index (χ1v) is 8.81. The Balaban J connectivity index is 0.000000309. The molecule has 0 unspecified atom stereocenters. The van der Waals surface area contributed by atoms with Crippen LogP contribution < -0.4 is 14.4 Å². The molecule has 0 atom stereocenters. The lowest BCUT2D eigenvalue weighted by molar-refractivity contribution is -0.117. The van der Waals surface area contributed by atoms with Crippen molar-refractivity contribution < 1.29 is 14.3 Å². The number of nitrogens with zero attached hydrogens (tertiary/aromatic N) is 1. The van der Waals surface area contributed by atoms with Crippen molar-refractivity contribution in [3.8, 4) is 11.5 Å². The molecule has 5 heteroatoms. The average molecular weight is 334 g/mol. The number of carbonyl (C=O) groups excluding carboxylic acids is 1. The third kappa shape index (κ3) is 5.87. The Morgan fingerprint density at radius 3 is 2.25 bits per heavy atom. The van der Waals surface area contributed by atoms with Crippen molar-refractivity contribution in [3.05, 3.63) is 18.2 Å². The molecule has 24 heavy (non-hydrogen) atoms. The largest absolute Gasteiger partial charge is 0.486 e. The van der Waals surface area contributed by atoms with Gasteiger partial charge in [-0.1, -0.05) is 39.5 Å². The van der Waals surface area contributed by atoms with Crippen LogP contribution in [-0.2, 0) is 4.79 Å². The van der Waals surface area contributed by atoms with Gasteiger partial charge in [0.1, 0.15) is 13.2 Å². The van der Waals surface area contributed by atoms with Crippen LogP contribution in [0.3, 0.4) is 0 Å². The summed E-state index contributed by atoms with van der Waals surface area (Å²) < 4.78 is 10.9. The Morgan fingerprint density at radius 1 is 1.08 bits per heavy atom. The molecule has 3 rings (SSSR count). The summed E-state index contributed by atoms with van der Waals surface area (Å²) in [6, 6.07) is 5.67. The van der Waals surface area contributed by atoms with Gasteiger partial charge in [0.2, 0.25) is 5.91 Å². The Labute approximate surface area is 145 Å². The molecule has 0 radical (unpaired) electrons. The number of ether oxygens (including phenoxy) is 2. The molecule has 2 aliphatic rings. The van der Waals surface area contributed by atoms with Crippen molar-refractivity contribution in [1.29, 1.82) is 5.41 Å². The minimum atomic E-state index is 0.191. The molecular weight excluding hydrogens is 304 g/mol. The van der Waals surface area contributed by atoms with Crippen molar-refractivity contribution in [1.82, 2.24) is 0 Å². The summed E-state index contributed by atoms with van der Waals surface area (Å²) in [4.78, 5) is 13.4. The van der Waals surface area contributed by atoms with Gasteiger partial charge >= 0.3 is 0 Å². The average Bonchev–Trinajstić information content (AvgIpc) is 3.08. The minimum absolute atomic E-state index is 0.191. The van der Waals surface area contributed by atoms with Crippen molar-refractivity contribution in [2.75, 3.05) is 24.7 Å². The molecule has 0 aromatic heterocycles.